The van der Waals surface area contributed by atoms with Crippen molar-refractivity contribution in [1.82, 2.24) is 0 Å². The van der Waals surface area contributed by atoms with Gasteiger partial charge in [0, 0.05) is 21.4 Å². The summed E-state index contributed by atoms with van der Waals surface area (Å²) in [5, 5.41) is 3.82. The molecule has 6 heteroatoms. The molecule has 0 N–H and O–H groups in total. The van der Waals surface area contributed by atoms with E-state index in [4.69, 9.17) is 28.7 Å². The van der Waals surface area contributed by atoms with Crippen molar-refractivity contribution >= 4 is 29.1 Å². The molecule has 0 bridgehead atoms. The number of amides is 1. The Bertz CT molecular complexity index is 413. The van der Waals surface area contributed by atoms with E-state index >= 15 is 0 Å². The molecule has 0 aromatic heterocycles. The van der Waals surface area contributed by atoms with Crippen LogP contribution < -0.4 is 0 Å². The van der Waals surface area contributed by atoms with E-state index in [0.29, 0.717) is 15.6 Å². The van der Waals surface area contributed by atoms with Crippen LogP contribution in [0.25, 0.3) is 10.4 Å². The van der Waals surface area contributed by atoms with Gasteiger partial charge in [0.2, 0.25) is 5.91 Å². The highest BCUT2D eigenvalue weighted by Gasteiger charge is 2.05. The first kappa shape index (κ1) is 10.9. The largest absolute Gasteiger partial charge is 0.292 e. The maximum atomic E-state index is 10.9. The highest BCUT2D eigenvalue weighted by molar-refractivity contribution is 6.35. The van der Waals surface area contributed by atoms with E-state index < -0.39 is 5.91 Å². The zero-order chi connectivity index (χ0) is 10.6. The Balaban J connectivity index is 2.87. The van der Waals surface area contributed by atoms with Crippen LogP contribution in [0.3, 0.4) is 0 Å². The quantitative estimate of drug-likeness (QED) is 0.436. The summed E-state index contributed by atoms with van der Waals surface area (Å²) in [5.74, 6) is -0.572. The first-order valence-corrected chi connectivity index (χ1v) is 4.41. The van der Waals surface area contributed by atoms with E-state index in [0.717, 1.165) is 0 Å². The van der Waals surface area contributed by atoms with Crippen LogP contribution in [-0.4, -0.2) is 5.91 Å². The van der Waals surface area contributed by atoms with E-state index in [1.165, 1.54) is 6.07 Å². The van der Waals surface area contributed by atoms with Crippen molar-refractivity contribution in [2.75, 3.05) is 0 Å². The van der Waals surface area contributed by atoms with Gasteiger partial charge in [0.05, 0.1) is 0 Å². The SMILES string of the molecule is [N-]=[N+]=NC(=O)Cc1ccc(Cl)cc1Cl. The molecule has 0 aliphatic rings. The standard InChI is InChI=1S/C8H5Cl2N3O/c9-6-2-1-5(7(10)4-6)3-8(14)12-13-11/h1-2,4H,3H2. The molecule has 0 radical (unpaired) electrons. The summed E-state index contributed by atoms with van der Waals surface area (Å²) < 4.78 is 0. The molecule has 0 heterocycles. The van der Waals surface area contributed by atoms with E-state index in [9.17, 15) is 4.79 Å². The van der Waals surface area contributed by atoms with Gasteiger partial charge in [-0.2, -0.15) is 0 Å². The third kappa shape index (κ3) is 2.92. The second-order valence-electron chi connectivity index (χ2n) is 2.50. The molecule has 0 atom stereocenters. The van der Waals surface area contributed by atoms with Crippen LogP contribution >= 0.6 is 23.2 Å². The van der Waals surface area contributed by atoms with Gasteiger partial charge in [-0.1, -0.05) is 29.3 Å². The summed E-state index contributed by atoms with van der Waals surface area (Å²) in [6.07, 6.45) is -0.0138. The Labute approximate surface area is 90.1 Å². The Morgan fingerprint density at radius 3 is 2.79 bits per heavy atom. The number of rotatable bonds is 2. The number of halogens is 2. The van der Waals surface area contributed by atoms with Crippen molar-refractivity contribution in [3.63, 3.8) is 0 Å². The lowest BCUT2D eigenvalue weighted by atomic mass is 10.1. The van der Waals surface area contributed by atoms with Crippen LogP contribution in [0.15, 0.2) is 23.3 Å². The zero-order valence-electron chi connectivity index (χ0n) is 6.94. The molecule has 1 rings (SSSR count). The summed E-state index contributed by atoms with van der Waals surface area (Å²) in [5.41, 5.74) is 8.60. The predicted octanol–water partition coefficient (Wildman–Crippen LogP) is 3.37. The number of benzene rings is 1. The second kappa shape index (κ2) is 4.86. The number of carbonyl (C=O) groups is 1. The van der Waals surface area contributed by atoms with Crippen LogP contribution in [0.4, 0.5) is 0 Å². The molecule has 1 amide bonds. The second-order valence-corrected chi connectivity index (χ2v) is 3.34. The molecule has 0 spiro atoms. The van der Waals surface area contributed by atoms with Gasteiger partial charge in [-0.15, -0.1) is 0 Å². The summed E-state index contributed by atoms with van der Waals surface area (Å²) in [7, 11) is 0. The summed E-state index contributed by atoms with van der Waals surface area (Å²) in [6, 6.07) is 4.77. The van der Waals surface area contributed by atoms with Gasteiger partial charge in [-0.25, -0.2) is 0 Å². The minimum absolute atomic E-state index is 0.0138. The fourth-order valence-electron chi connectivity index (χ4n) is 0.913. The molecule has 0 saturated carbocycles. The average molecular weight is 230 g/mol. The fourth-order valence-corrected chi connectivity index (χ4v) is 1.39. The molecule has 0 fully saturated rings. The van der Waals surface area contributed by atoms with Crippen molar-refractivity contribution in [3.05, 3.63) is 44.3 Å². The van der Waals surface area contributed by atoms with Crippen molar-refractivity contribution in [2.45, 2.75) is 6.42 Å². The molecule has 1 aromatic rings. The maximum Gasteiger partial charge on any atom is 0.223 e. The van der Waals surface area contributed by atoms with Gasteiger partial charge in [0.25, 0.3) is 0 Å². The van der Waals surface area contributed by atoms with Crippen molar-refractivity contribution < 1.29 is 4.79 Å². The van der Waals surface area contributed by atoms with Gasteiger partial charge in [0.1, 0.15) is 0 Å². The highest BCUT2D eigenvalue weighted by Crippen LogP contribution is 2.21. The number of nitrogens with zero attached hydrogens (tertiary/aromatic N) is 3. The normalized spacial score (nSPS) is 9.29. The third-order valence-corrected chi connectivity index (χ3v) is 2.10. The van der Waals surface area contributed by atoms with Gasteiger partial charge in [-0.05, 0) is 28.3 Å². The predicted molar refractivity (Wildman–Crippen MR) is 54.3 cm³/mol. The van der Waals surface area contributed by atoms with Crippen LogP contribution in [-0.2, 0) is 11.2 Å². The summed E-state index contributed by atoms with van der Waals surface area (Å²) >= 11 is 11.5. The van der Waals surface area contributed by atoms with E-state index in [1.807, 2.05) is 0 Å². The highest BCUT2D eigenvalue weighted by atomic mass is 35.5. The first-order valence-electron chi connectivity index (χ1n) is 3.65. The average Bonchev–Trinajstić information content (AvgIpc) is 2.10. The molecule has 72 valence electrons. The molecule has 0 aliphatic carbocycles. The summed E-state index contributed by atoms with van der Waals surface area (Å²) in [6.45, 7) is 0. The third-order valence-electron chi connectivity index (χ3n) is 1.51. The lowest BCUT2D eigenvalue weighted by molar-refractivity contribution is -0.117. The molecular weight excluding hydrogens is 225 g/mol. The van der Waals surface area contributed by atoms with E-state index in [2.05, 4.69) is 10.0 Å². The fraction of sp³-hybridized carbons (Fsp3) is 0.125. The lowest BCUT2D eigenvalue weighted by Gasteiger charge is -2.00. The molecular formula is C8H5Cl2N3O. The van der Waals surface area contributed by atoms with Crippen LogP contribution in [0, 0.1) is 0 Å². The molecule has 14 heavy (non-hydrogen) atoms. The molecule has 0 aliphatic heterocycles. The van der Waals surface area contributed by atoms with Gasteiger partial charge < -0.3 is 0 Å². The molecule has 0 saturated heterocycles. The lowest BCUT2D eigenvalue weighted by Crippen LogP contribution is -1.97. The smallest absolute Gasteiger partial charge is 0.223 e. The minimum atomic E-state index is -0.572. The Morgan fingerprint density at radius 1 is 1.50 bits per heavy atom. The Morgan fingerprint density at radius 2 is 2.21 bits per heavy atom. The number of carbonyl (C=O) groups excluding carboxylic acids is 1. The van der Waals surface area contributed by atoms with Crippen molar-refractivity contribution in [2.24, 2.45) is 5.11 Å². The Kier molecular flexibility index (Phi) is 3.77. The topological polar surface area (TPSA) is 65.8 Å². The van der Waals surface area contributed by atoms with Gasteiger partial charge in [-0.3, -0.25) is 4.79 Å². The van der Waals surface area contributed by atoms with E-state index in [-0.39, 0.29) is 6.42 Å². The number of hydrogen-bond donors (Lipinski definition) is 0. The number of azide groups is 1. The maximum absolute atomic E-state index is 10.9. The minimum Gasteiger partial charge on any atom is -0.292 e. The molecule has 1 aromatic carbocycles. The monoisotopic (exact) mass is 229 g/mol. The molecule has 0 unspecified atom stereocenters. The molecule has 4 nitrogen and oxygen atoms in total. The van der Waals surface area contributed by atoms with Gasteiger partial charge in [0.15, 0.2) is 0 Å². The zero-order valence-corrected chi connectivity index (χ0v) is 8.46. The van der Waals surface area contributed by atoms with E-state index in [1.54, 1.807) is 12.1 Å². The summed E-state index contributed by atoms with van der Waals surface area (Å²) in [4.78, 5) is 13.3. The van der Waals surface area contributed by atoms with Gasteiger partial charge >= 0.3 is 0 Å². The van der Waals surface area contributed by atoms with Crippen LogP contribution in [0.2, 0.25) is 10.0 Å². The van der Waals surface area contributed by atoms with Crippen LogP contribution in [0.1, 0.15) is 5.56 Å². The van der Waals surface area contributed by atoms with Crippen LogP contribution in [0.5, 0.6) is 0 Å². The Hall–Kier alpha value is -1.22. The van der Waals surface area contributed by atoms with Crippen molar-refractivity contribution in [1.29, 1.82) is 0 Å². The van der Waals surface area contributed by atoms with Crippen molar-refractivity contribution in [3.8, 4) is 0 Å². The number of hydrogen-bond acceptors (Lipinski definition) is 1. The first-order chi connectivity index (χ1) is 6.63.